The zero-order valence-electron chi connectivity index (χ0n) is 20.7. The largest absolute Gasteiger partial charge is 0.508 e. The van der Waals surface area contributed by atoms with Gasteiger partial charge in [0, 0.05) is 6.07 Å². The number of carbonyl (C=O) groups is 1. The number of aliphatic hydroxyl groups is 1. The van der Waals surface area contributed by atoms with Crippen LogP contribution in [0.15, 0.2) is 82.5 Å². The van der Waals surface area contributed by atoms with Gasteiger partial charge >= 0.3 is 6.09 Å². The highest BCUT2D eigenvalue weighted by atomic mass is 32.2. The molecular weight excluding hydrogens is 500 g/mol. The molecular formula is C26H32N2O8S. The van der Waals surface area contributed by atoms with Crippen molar-refractivity contribution in [2.75, 3.05) is 11.4 Å². The third-order valence-corrected chi connectivity index (χ3v) is 7.61. The Hall–Kier alpha value is -3.38. The number of aliphatic hydroxyl groups excluding tert-OH is 1. The summed E-state index contributed by atoms with van der Waals surface area (Å²) < 4.78 is 32.8. The summed E-state index contributed by atoms with van der Waals surface area (Å²) in [6.07, 6.45) is 0.381. The van der Waals surface area contributed by atoms with Crippen LogP contribution in [0.2, 0.25) is 0 Å². The first-order valence-corrected chi connectivity index (χ1v) is 13.4. The third-order valence-electron chi connectivity index (χ3n) is 5.97. The number of nitrogens with zero attached hydrogens (tertiary/aromatic N) is 2. The molecule has 0 unspecified atom stereocenters. The van der Waals surface area contributed by atoms with Crippen LogP contribution >= 0.6 is 0 Å². The predicted molar refractivity (Wildman–Crippen MR) is 137 cm³/mol. The Labute approximate surface area is 216 Å². The molecule has 0 aliphatic heterocycles. The highest BCUT2D eigenvalue weighted by Crippen LogP contribution is 2.26. The fourth-order valence-corrected chi connectivity index (χ4v) is 5.20. The molecule has 10 nitrogen and oxygen atoms in total. The maximum absolute atomic E-state index is 13.5. The van der Waals surface area contributed by atoms with Crippen molar-refractivity contribution in [1.29, 1.82) is 0 Å². The van der Waals surface area contributed by atoms with Gasteiger partial charge in [0.25, 0.3) is 10.0 Å². The van der Waals surface area contributed by atoms with Crippen molar-refractivity contribution >= 4 is 21.8 Å². The number of phenols is 1. The van der Waals surface area contributed by atoms with Crippen molar-refractivity contribution in [2.45, 2.75) is 56.3 Å². The molecule has 11 heteroatoms. The van der Waals surface area contributed by atoms with Crippen molar-refractivity contribution in [1.82, 2.24) is 4.47 Å². The lowest BCUT2D eigenvalue weighted by atomic mass is 9.99. The molecule has 0 bridgehead atoms. The molecule has 3 rings (SSSR count). The van der Waals surface area contributed by atoms with Crippen molar-refractivity contribution in [3.8, 4) is 5.75 Å². The van der Waals surface area contributed by atoms with Crippen molar-refractivity contribution in [3.63, 3.8) is 0 Å². The second-order valence-electron chi connectivity index (χ2n) is 8.49. The zero-order valence-corrected chi connectivity index (χ0v) is 21.5. The van der Waals surface area contributed by atoms with E-state index in [2.05, 4.69) is 0 Å². The first-order valence-electron chi connectivity index (χ1n) is 11.9. The van der Waals surface area contributed by atoms with Crippen molar-refractivity contribution < 1.29 is 37.8 Å². The number of rotatable bonds is 13. The van der Waals surface area contributed by atoms with Crippen LogP contribution in [0.25, 0.3) is 0 Å². The number of carboxylic acid groups (broad SMARTS) is 1. The molecule has 2 atom stereocenters. The second kappa shape index (κ2) is 12.7. The van der Waals surface area contributed by atoms with Crippen molar-refractivity contribution in [2.24, 2.45) is 0 Å². The first-order chi connectivity index (χ1) is 17.7. The van der Waals surface area contributed by atoms with Crippen LogP contribution < -0.4 is 4.90 Å². The van der Waals surface area contributed by atoms with E-state index in [0.717, 1.165) is 14.9 Å². The lowest BCUT2D eigenvalue weighted by Crippen LogP contribution is -2.53. The number of amides is 1. The number of phenolic OH excluding ortho intramolecular Hbond substituents is 1. The van der Waals surface area contributed by atoms with Crippen LogP contribution in [0.5, 0.6) is 5.75 Å². The zero-order chi connectivity index (χ0) is 27.0. The minimum absolute atomic E-state index is 0.0948. The van der Waals surface area contributed by atoms with Gasteiger partial charge in [0.2, 0.25) is 0 Å². The maximum atomic E-state index is 13.5. The fourth-order valence-electron chi connectivity index (χ4n) is 3.91. The summed E-state index contributed by atoms with van der Waals surface area (Å²) in [5.74, 6) is -0.105. The highest BCUT2D eigenvalue weighted by molar-refractivity contribution is 7.89. The molecule has 0 saturated heterocycles. The molecule has 0 radical (unpaired) electrons. The minimum atomic E-state index is -4.28. The Morgan fingerprint density at radius 1 is 1.03 bits per heavy atom. The monoisotopic (exact) mass is 532 g/mol. The Morgan fingerprint density at radius 2 is 1.68 bits per heavy atom. The van der Waals surface area contributed by atoms with Gasteiger partial charge in [-0.3, -0.25) is 9.74 Å². The van der Waals surface area contributed by atoms with Gasteiger partial charge in [0.15, 0.2) is 0 Å². The summed E-state index contributed by atoms with van der Waals surface area (Å²) in [5, 5.41) is 31.1. The average molecular weight is 533 g/mol. The normalized spacial score (nSPS) is 13.5. The summed E-state index contributed by atoms with van der Waals surface area (Å²) in [6, 6.07) is 14.3. The topological polar surface area (TPSA) is 141 Å². The number of anilines is 1. The summed E-state index contributed by atoms with van der Waals surface area (Å²) >= 11 is 0. The summed E-state index contributed by atoms with van der Waals surface area (Å²) in [7, 11) is -4.28. The van der Waals surface area contributed by atoms with Gasteiger partial charge in [-0.1, -0.05) is 48.6 Å². The first kappa shape index (κ1) is 28.2. The van der Waals surface area contributed by atoms with E-state index >= 15 is 0 Å². The smallest absolute Gasteiger partial charge is 0.412 e. The van der Waals surface area contributed by atoms with E-state index in [9.17, 15) is 28.5 Å². The summed E-state index contributed by atoms with van der Waals surface area (Å²) in [5.41, 5.74) is 0.941. The average Bonchev–Trinajstić information content (AvgIpc) is 3.41. The van der Waals surface area contributed by atoms with E-state index in [1.807, 2.05) is 19.9 Å². The van der Waals surface area contributed by atoms with Crippen LogP contribution in [0.1, 0.15) is 32.3 Å². The molecule has 0 fully saturated rings. The number of hydroxylamine groups is 1. The SMILES string of the molecule is CCC(CC)ON(C[C@@H](O)[C@H](Cc1ccccc1)N(C(=O)O)c1ccoc1)S(=O)(=O)c1ccc(O)cc1. The maximum Gasteiger partial charge on any atom is 0.412 e. The molecule has 1 heterocycles. The fraction of sp³-hybridized carbons (Fsp3) is 0.346. The number of hydrogen-bond donors (Lipinski definition) is 3. The highest BCUT2D eigenvalue weighted by Gasteiger charge is 2.37. The van der Waals surface area contributed by atoms with Gasteiger partial charge in [-0.05, 0) is 49.1 Å². The number of benzene rings is 2. The van der Waals surface area contributed by atoms with E-state index in [0.29, 0.717) is 12.8 Å². The van der Waals surface area contributed by atoms with Gasteiger partial charge in [0.05, 0.1) is 41.6 Å². The van der Waals surface area contributed by atoms with Crippen LogP contribution in [-0.4, -0.2) is 59.1 Å². The Kier molecular flexibility index (Phi) is 9.70. The molecule has 1 aromatic heterocycles. The van der Waals surface area contributed by atoms with Crippen LogP contribution in [0.4, 0.5) is 10.5 Å². The van der Waals surface area contributed by atoms with E-state index < -0.39 is 40.9 Å². The van der Waals surface area contributed by atoms with E-state index in [-0.39, 0.29) is 22.8 Å². The van der Waals surface area contributed by atoms with Crippen molar-refractivity contribution in [3.05, 3.63) is 78.8 Å². The molecule has 3 aromatic rings. The van der Waals surface area contributed by atoms with Gasteiger partial charge in [-0.25, -0.2) is 13.2 Å². The second-order valence-corrected chi connectivity index (χ2v) is 10.3. The molecule has 0 aliphatic rings. The van der Waals surface area contributed by atoms with Gasteiger partial charge in [-0.2, -0.15) is 0 Å². The number of sulfonamides is 1. The molecule has 3 N–H and O–H groups in total. The molecule has 200 valence electrons. The predicted octanol–water partition coefficient (Wildman–Crippen LogP) is 4.25. The molecule has 0 saturated carbocycles. The quantitative estimate of drug-likeness (QED) is 0.278. The number of aromatic hydroxyl groups is 1. The Bertz CT molecular complexity index is 1210. The minimum Gasteiger partial charge on any atom is -0.508 e. The Morgan fingerprint density at radius 3 is 2.22 bits per heavy atom. The number of hydrogen-bond acceptors (Lipinski definition) is 7. The molecule has 1 amide bonds. The van der Waals surface area contributed by atoms with Gasteiger partial charge in [0.1, 0.15) is 12.0 Å². The Balaban J connectivity index is 2.00. The third kappa shape index (κ3) is 7.10. The summed E-state index contributed by atoms with van der Waals surface area (Å²) in [6.45, 7) is 3.15. The van der Waals surface area contributed by atoms with Crippen LogP contribution in [0, 0.1) is 0 Å². The lowest BCUT2D eigenvalue weighted by Gasteiger charge is -2.35. The van der Waals surface area contributed by atoms with E-state index in [4.69, 9.17) is 9.25 Å². The summed E-state index contributed by atoms with van der Waals surface area (Å²) in [4.78, 5) is 19.0. The van der Waals surface area contributed by atoms with Gasteiger partial charge in [-0.15, -0.1) is 0 Å². The molecule has 2 aromatic carbocycles. The standard InChI is InChI=1S/C26H32N2O8S/c1-3-22(4-2)36-27(37(33,34)23-12-10-21(29)11-13-23)17-25(30)24(16-19-8-6-5-7-9-19)28(26(31)32)20-14-15-35-18-20/h5-15,18,22,24-25,29-30H,3-4,16-17H2,1-2H3,(H,31,32)/t24-,25+/m0/s1. The van der Waals surface area contributed by atoms with Crippen LogP contribution in [0.3, 0.4) is 0 Å². The molecule has 0 aliphatic carbocycles. The lowest BCUT2D eigenvalue weighted by molar-refractivity contribution is -0.148. The number of furan rings is 1. The van der Waals surface area contributed by atoms with E-state index in [1.54, 1.807) is 24.3 Å². The van der Waals surface area contributed by atoms with E-state index in [1.165, 1.54) is 42.9 Å². The van der Waals surface area contributed by atoms with Crippen LogP contribution in [-0.2, 0) is 21.3 Å². The van der Waals surface area contributed by atoms with Gasteiger partial charge < -0.3 is 19.7 Å². The molecule has 0 spiro atoms. The molecule has 37 heavy (non-hydrogen) atoms.